The second-order valence-electron chi connectivity index (χ2n) is 8.74. The number of aryl methyl sites for hydroxylation is 2. The van der Waals surface area contributed by atoms with E-state index in [-0.39, 0.29) is 11.7 Å². The molecule has 0 spiro atoms. The van der Waals surface area contributed by atoms with Crippen molar-refractivity contribution in [3.05, 3.63) is 59.9 Å². The van der Waals surface area contributed by atoms with Crippen LogP contribution in [0.15, 0.2) is 53.7 Å². The second kappa shape index (κ2) is 10.4. The second-order valence-corrected chi connectivity index (χ2v) is 9.68. The van der Waals surface area contributed by atoms with Gasteiger partial charge in [-0.15, -0.1) is 20.4 Å². The maximum absolute atomic E-state index is 12.6. The van der Waals surface area contributed by atoms with Crippen molar-refractivity contribution in [2.75, 3.05) is 11.1 Å². The van der Waals surface area contributed by atoms with Crippen molar-refractivity contribution < 1.29 is 4.79 Å². The Morgan fingerprint density at radius 2 is 1.80 bits per heavy atom. The molecule has 0 unspecified atom stereocenters. The van der Waals surface area contributed by atoms with Gasteiger partial charge in [0.1, 0.15) is 5.82 Å². The number of hydrogen-bond acceptors (Lipinski definition) is 6. The highest BCUT2D eigenvalue weighted by Crippen LogP contribution is 2.26. The Balaban J connectivity index is 1.22. The molecule has 0 atom stereocenters. The minimum absolute atomic E-state index is 0.0816. The Bertz CT molecular complexity index is 1330. The Morgan fingerprint density at radius 1 is 0.971 bits per heavy atom. The summed E-state index contributed by atoms with van der Waals surface area (Å²) < 4.78 is 4.27. The summed E-state index contributed by atoms with van der Waals surface area (Å²) in [7, 11) is 0. The molecule has 35 heavy (non-hydrogen) atoms. The number of amides is 1. The van der Waals surface area contributed by atoms with E-state index < -0.39 is 0 Å². The molecule has 1 amide bonds. The zero-order chi connectivity index (χ0) is 24.2. The Morgan fingerprint density at radius 3 is 2.60 bits per heavy atom. The predicted molar refractivity (Wildman–Crippen MR) is 138 cm³/mol. The van der Waals surface area contributed by atoms with E-state index in [1.165, 1.54) is 30.2 Å². The van der Waals surface area contributed by atoms with E-state index in [1.807, 2.05) is 41.0 Å². The number of nitrogens with one attached hydrogen (secondary N) is 1. The minimum atomic E-state index is -0.0816. The lowest BCUT2D eigenvalue weighted by Gasteiger charge is -2.09. The predicted octanol–water partition coefficient (Wildman–Crippen LogP) is 4.99. The molecule has 0 saturated carbocycles. The van der Waals surface area contributed by atoms with Gasteiger partial charge >= 0.3 is 0 Å². The van der Waals surface area contributed by atoms with Gasteiger partial charge in [0.25, 0.3) is 0 Å². The maximum atomic E-state index is 12.6. The molecule has 9 heteroatoms. The summed E-state index contributed by atoms with van der Waals surface area (Å²) in [6.45, 7) is 5.81. The lowest BCUT2D eigenvalue weighted by atomic mass is 10.1. The average Bonchev–Trinajstić information content (AvgIpc) is 3.39. The fraction of sp³-hybridized carbons (Fsp3) is 0.346. The number of aromatic nitrogens is 6. The molecule has 1 N–H and O–H groups in total. The van der Waals surface area contributed by atoms with Crippen LogP contribution in [0.4, 0.5) is 5.69 Å². The van der Waals surface area contributed by atoms with Crippen LogP contribution in [0.25, 0.3) is 22.8 Å². The summed E-state index contributed by atoms with van der Waals surface area (Å²) in [4.78, 5) is 12.6. The standard InChI is InChI=1S/C26H29N7OS/c1-3-32-25(20-9-7-8-18(2)16-20)30-31-26(32)35-17-23(34)27-21-13-11-19(12-14-21)24-29-28-22-10-5-4-6-15-33(22)24/h7-9,11-14,16H,3-6,10,15,17H2,1-2H3,(H,27,34). The van der Waals surface area contributed by atoms with Gasteiger partial charge in [-0.3, -0.25) is 4.79 Å². The van der Waals surface area contributed by atoms with Gasteiger partial charge in [0.15, 0.2) is 16.8 Å². The molecule has 4 aromatic rings. The van der Waals surface area contributed by atoms with Crippen molar-refractivity contribution in [1.82, 2.24) is 29.5 Å². The summed E-state index contributed by atoms with van der Waals surface area (Å²) in [5.74, 6) is 2.96. The summed E-state index contributed by atoms with van der Waals surface area (Å²) in [5, 5.41) is 21.2. The van der Waals surface area contributed by atoms with Crippen LogP contribution < -0.4 is 5.32 Å². The lowest BCUT2D eigenvalue weighted by Crippen LogP contribution is -2.14. The molecule has 1 aliphatic rings. The van der Waals surface area contributed by atoms with E-state index in [4.69, 9.17) is 0 Å². The summed E-state index contributed by atoms with van der Waals surface area (Å²) >= 11 is 1.39. The molecule has 0 aliphatic carbocycles. The van der Waals surface area contributed by atoms with Crippen LogP contribution in [0, 0.1) is 6.92 Å². The van der Waals surface area contributed by atoms with Gasteiger partial charge in [-0.1, -0.05) is 41.9 Å². The van der Waals surface area contributed by atoms with Crippen LogP contribution in [-0.4, -0.2) is 41.2 Å². The van der Waals surface area contributed by atoms with Crippen LogP contribution in [0.3, 0.4) is 0 Å². The smallest absolute Gasteiger partial charge is 0.234 e. The van der Waals surface area contributed by atoms with Crippen molar-refractivity contribution in [3.63, 3.8) is 0 Å². The SMILES string of the molecule is CCn1c(SCC(=O)Nc2ccc(-c3nnc4n3CCCCC4)cc2)nnc1-c1cccc(C)c1. The molecule has 0 radical (unpaired) electrons. The summed E-state index contributed by atoms with van der Waals surface area (Å²) in [5.41, 5.74) is 3.97. The van der Waals surface area contributed by atoms with E-state index >= 15 is 0 Å². The van der Waals surface area contributed by atoms with E-state index in [1.54, 1.807) is 0 Å². The van der Waals surface area contributed by atoms with Crippen LogP contribution in [0.5, 0.6) is 0 Å². The molecule has 0 saturated heterocycles. The molecule has 5 rings (SSSR count). The van der Waals surface area contributed by atoms with Crippen molar-refractivity contribution in [2.24, 2.45) is 0 Å². The molecule has 0 bridgehead atoms. The van der Waals surface area contributed by atoms with Crippen molar-refractivity contribution in [3.8, 4) is 22.8 Å². The molecular weight excluding hydrogens is 458 g/mol. The van der Waals surface area contributed by atoms with Crippen LogP contribution in [0.1, 0.15) is 37.6 Å². The number of carbonyl (C=O) groups excluding carboxylic acids is 1. The molecule has 8 nitrogen and oxygen atoms in total. The summed E-state index contributed by atoms with van der Waals surface area (Å²) in [6, 6.07) is 16.0. The van der Waals surface area contributed by atoms with E-state index in [0.717, 1.165) is 65.4 Å². The monoisotopic (exact) mass is 487 g/mol. The number of thioether (sulfide) groups is 1. The highest BCUT2D eigenvalue weighted by molar-refractivity contribution is 7.99. The largest absolute Gasteiger partial charge is 0.325 e. The number of carbonyl (C=O) groups is 1. The van der Waals surface area contributed by atoms with Crippen LogP contribution in [0.2, 0.25) is 0 Å². The van der Waals surface area contributed by atoms with Gasteiger partial charge in [0, 0.05) is 36.3 Å². The Kier molecular flexibility index (Phi) is 6.94. The molecule has 2 aromatic heterocycles. The number of hydrogen-bond donors (Lipinski definition) is 1. The first-order valence-corrected chi connectivity index (χ1v) is 13.1. The van der Waals surface area contributed by atoms with Crippen molar-refractivity contribution >= 4 is 23.4 Å². The van der Waals surface area contributed by atoms with Crippen LogP contribution >= 0.6 is 11.8 Å². The van der Waals surface area contributed by atoms with Gasteiger partial charge in [0.2, 0.25) is 5.91 Å². The normalized spacial score (nSPS) is 13.3. The van der Waals surface area contributed by atoms with Gasteiger partial charge in [-0.05, 0) is 57.0 Å². The van der Waals surface area contributed by atoms with Crippen molar-refractivity contribution in [2.45, 2.75) is 57.8 Å². The molecule has 180 valence electrons. The maximum Gasteiger partial charge on any atom is 0.234 e. The van der Waals surface area contributed by atoms with Gasteiger partial charge in [-0.2, -0.15) is 0 Å². The lowest BCUT2D eigenvalue weighted by molar-refractivity contribution is -0.113. The number of rotatable bonds is 7. The number of anilines is 1. The molecule has 1 aliphatic heterocycles. The quantitative estimate of drug-likeness (QED) is 0.369. The first-order valence-electron chi connectivity index (χ1n) is 12.1. The first kappa shape index (κ1) is 23.3. The number of fused-ring (bicyclic) bond motifs is 1. The molecular formula is C26H29N7OS. The molecule has 3 heterocycles. The molecule has 0 fully saturated rings. The molecule has 2 aromatic carbocycles. The van der Waals surface area contributed by atoms with E-state index in [2.05, 4.69) is 56.3 Å². The third kappa shape index (κ3) is 5.14. The van der Waals surface area contributed by atoms with Crippen LogP contribution in [-0.2, 0) is 24.3 Å². The highest BCUT2D eigenvalue weighted by Gasteiger charge is 2.17. The van der Waals surface area contributed by atoms with E-state index in [0.29, 0.717) is 0 Å². The van der Waals surface area contributed by atoms with E-state index in [9.17, 15) is 4.79 Å². The summed E-state index contributed by atoms with van der Waals surface area (Å²) in [6.07, 6.45) is 4.54. The third-order valence-electron chi connectivity index (χ3n) is 6.18. The fourth-order valence-corrected chi connectivity index (χ4v) is 5.21. The van der Waals surface area contributed by atoms with Gasteiger partial charge in [0.05, 0.1) is 5.75 Å². The first-order chi connectivity index (χ1) is 17.1. The minimum Gasteiger partial charge on any atom is -0.325 e. The van der Waals surface area contributed by atoms with Gasteiger partial charge < -0.3 is 14.5 Å². The highest BCUT2D eigenvalue weighted by atomic mass is 32.2. The fourth-order valence-electron chi connectivity index (χ4n) is 4.41. The zero-order valence-corrected chi connectivity index (χ0v) is 20.9. The third-order valence-corrected chi connectivity index (χ3v) is 7.14. The number of benzene rings is 2. The Labute approximate surface area is 209 Å². The van der Waals surface area contributed by atoms with Crippen molar-refractivity contribution in [1.29, 1.82) is 0 Å². The van der Waals surface area contributed by atoms with Gasteiger partial charge in [-0.25, -0.2) is 0 Å². The number of nitrogens with zero attached hydrogens (tertiary/aromatic N) is 6. The topological polar surface area (TPSA) is 90.5 Å². The Hall–Kier alpha value is -3.46. The average molecular weight is 488 g/mol. The zero-order valence-electron chi connectivity index (χ0n) is 20.1.